The van der Waals surface area contributed by atoms with Crippen LogP contribution < -0.4 is 0 Å². The lowest BCUT2D eigenvalue weighted by Gasteiger charge is -2.29. The third kappa shape index (κ3) is 22.9. The van der Waals surface area contributed by atoms with Crippen LogP contribution in [0.3, 0.4) is 0 Å². The summed E-state index contributed by atoms with van der Waals surface area (Å²) >= 11 is 0. The van der Waals surface area contributed by atoms with E-state index in [1.165, 1.54) is 6.92 Å². The number of hydrogen-bond donors (Lipinski definition) is 4. The van der Waals surface area contributed by atoms with Crippen molar-refractivity contribution in [2.75, 3.05) is 0 Å². The molecule has 0 aromatic rings. The zero-order valence-corrected chi connectivity index (χ0v) is 13.1. The first-order valence-electron chi connectivity index (χ1n) is 6.52. The zero-order valence-electron chi connectivity index (χ0n) is 13.1. The third-order valence-corrected chi connectivity index (χ3v) is 2.53. The van der Waals surface area contributed by atoms with Crippen LogP contribution in [0.5, 0.6) is 0 Å². The van der Waals surface area contributed by atoms with Crippen molar-refractivity contribution in [1.82, 2.24) is 0 Å². The van der Waals surface area contributed by atoms with Crippen LogP contribution in [-0.2, 0) is 0 Å². The number of aliphatic hydroxyl groups is 4. The van der Waals surface area contributed by atoms with E-state index in [2.05, 4.69) is 33.2 Å². The Morgan fingerprint density at radius 1 is 0.947 bits per heavy atom. The fourth-order valence-electron chi connectivity index (χ4n) is 1.07. The summed E-state index contributed by atoms with van der Waals surface area (Å²) < 4.78 is 0. The Kier molecular flexibility index (Phi) is 27.7. The number of aliphatic hydroxyl groups excluding tert-OH is 2. The first kappa shape index (κ1) is 26.8. The topological polar surface area (TPSA) is 80.9 Å². The molecule has 4 heteroatoms. The SMILES string of the molecule is C=C.C=C.CC(O)O.CCCCC(C)(CC)C(O)O. The van der Waals surface area contributed by atoms with Gasteiger partial charge in [0.25, 0.3) is 0 Å². The summed E-state index contributed by atoms with van der Waals surface area (Å²) in [5.41, 5.74) is -0.296. The van der Waals surface area contributed by atoms with Gasteiger partial charge in [-0.05, 0) is 19.8 Å². The zero-order chi connectivity index (χ0) is 16.5. The summed E-state index contributed by atoms with van der Waals surface area (Å²) in [6, 6.07) is 0. The highest BCUT2D eigenvalue weighted by atomic mass is 16.5. The van der Waals surface area contributed by atoms with Gasteiger partial charge in [-0.25, -0.2) is 0 Å². The molecule has 0 bridgehead atoms. The van der Waals surface area contributed by atoms with Crippen LogP contribution in [0.1, 0.15) is 53.4 Å². The molecule has 0 aromatic carbocycles. The van der Waals surface area contributed by atoms with Gasteiger partial charge in [0, 0.05) is 5.41 Å². The second-order valence-electron chi connectivity index (χ2n) is 4.12. The predicted octanol–water partition coefficient (Wildman–Crippen LogP) is 2.83. The smallest absolute Gasteiger partial charge is 0.156 e. The summed E-state index contributed by atoms with van der Waals surface area (Å²) in [4.78, 5) is 0. The standard InChI is InChI=1S/C9H20O2.C2H6O2.2C2H4/c1-4-6-7-9(3,5-2)8(10)11;1-2(3)4;2*1-2/h8,10-11H,4-7H2,1-3H3;2-4H,1H3;2*1-2H2. The van der Waals surface area contributed by atoms with Crippen molar-refractivity contribution < 1.29 is 20.4 Å². The number of hydrogen-bond acceptors (Lipinski definition) is 4. The molecular formula is C15H34O4. The molecule has 1 unspecified atom stereocenters. The maximum Gasteiger partial charge on any atom is 0.156 e. The van der Waals surface area contributed by atoms with Gasteiger partial charge in [-0.15, -0.1) is 26.3 Å². The molecule has 0 saturated heterocycles. The molecule has 0 aliphatic heterocycles. The molecule has 0 radical (unpaired) electrons. The highest BCUT2D eigenvalue weighted by molar-refractivity contribution is 4.74. The molecule has 1 atom stereocenters. The predicted molar refractivity (Wildman–Crippen MR) is 82.6 cm³/mol. The second-order valence-corrected chi connectivity index (χ2v) is 4.12. The molecule has 19 heavy (non-hydrogen) atoms. The van der Waals surface area contributed by atoms with Crippen molar-refractivity contribution >= 4 is 0 Å². The molecule has 0 spiro atoms. The molecule has 0 rings (SSSR count). The molecular weight excluding hydrogens is 244 g/mol. The van der Waals surface area contributed by atoms with E-state index in [0.717, 1.165) is 25.7 Å². The lowest BCUT2D eigenvalue weighted by atomic mass is 9.82. The first-order chi connectivity index (χ1) is 8.80. The highest BCUT2D eigenvalue weighted by Crippen LogP contribution is 2.30. The fraction of sp³-hybridized carbons (Fsp3) is 0.733. The Morgan fingerprint density at radius 2 is 1.26 bits per heavy atom. The highest BCUT2D eigenvalue weighted by Gasteiger charge is 2.28. The van der Waals surface area contributed by atoms with Gasteiger partial charge in [0.05, 0.1) is 0 Å². The Labute approximate surface area is 119 Å². The van der Waals surface area contributed by atoms with Crippen LogP contribution in [0.15, 0.2) is 26.3 Å². The van der Waals surface area contributed by atoms with E-state index in [1.807, 2.05) is 13.8 Å². The van der Waals surface area contributed by atoms with Crippen molar-refractivity contribution in [1.29, 1.82) is 0 Å². The summed E-state index contributed by atoms with van der Waals surface area (Å²) in [6.07, 6.45) is 1.58. The van der Waals surface area contributed by atoms with E-state index in [-0.39, 0.29) is 5.41 Å². The minimum absolute atomic E-state index is 0.296. The molecule has 0 fully saturated rings. The lowest BCUT2D eigenvalue weighted by molar-refractivity contribution is -0.133. The van der Waals surface area contributed by atoms with Crippen molar-refractivity contribution in [2.24, 2.45) is 5.41 Å². The largest absolute Gasteiger partial charge is 0.368 e. The molecule has 0 saturated carbocycles. The Bertz CT molecular complexity index is 155. The third-order valence-electron chi connectivity index (χ3n) is 2.53. The molecule has 4 nitrogen and oxygen atoms in total. The van der Waals surface area contributed by atoms with Crippen LogP contribution in [-0.4, -0.2) is 33.0 Å². The van der Waals surface area contributed by atoms with Gasteiger partial charge in [0.15, 0.2) is 6.29 Å². The normalized spacial score (nSPS) is 12.1. The molecule has 0 aliphatic carbocycles. The maximum absolute atomic E-state index is 9.05. The van der Waals surface area contributed by atoms with E-state index < -0.39 is 12.6 Å². The van der Waals surface area contributed by atoms with Gasteiger partial charge in [-0.1, -0.05) is 33.6 Å². The van der Waals surface area contributed by atoms with Gasteiger partial charge in [0.2, 0.25) is 0 Å². The second kappa shape index (κ2) is 19.7. The van der Waals surface area contributed by atoms with Crippen molar-refractivity contribution in [3.63, 3.8) is 0 Å². The van der Waals surface area contributed by atoms with Crippen molar-refractivity contribution in [3.05, 3.63) is 26.3 Å². The lowest BCUT2D eigenvalue weighted by Crippen LogP contribution is -2.31. The molecule has 0 aromatic heterocycles. The minimum atomic E-state index is -1.17. The molecule has 4 N–H and O–H groups in total. The van der Waals surface area contributed by atoms with Gasteiger partial charge in [-0.2, -0.15) is 0 Å². The summed E-state index contributed by atoms with van der Waals surface area (Å²) in [7, 11) is 0. The van der Waals surface area contributed by atoms with Gasteiger partial charge < -0.3 is 20.4 Å². The van der Waals surface area contributed by atoms with Gasteiger partial charge >= 0.3 is 0 Å². The van der Waals surface area contributed by atoms with Gasteiger partial charge in [0.1, 0.15) is 6.29 Å². The molecule has 0 aliphatic rings. The van der Waals surface area contributed by atoms with E-state index in [9.17, 15) is 0 Å². The molecule has 118 valence electrons. The maximum atomic E-state index is 9.05. The Morgan fingerprint density at radius 3 is 1.42 bits per heavy atom. The number of unbranched alkanes of at least 4 members (excludes halogenated alkanes) is 1. The van der Waals surface area contributed by atoms with Crippen LogP contribution in [0, 0.1) is 5.41 Å². The average Bonchev–Trinajstić information content (AvgIpc) is 2.39. The van der Waals surface area contributed by atoms with E-state index in [1.54, 1.807) is 0 Å². The first-order valence-corrected chi connectivity index (χ1v) is 6.52. The fourth-order valence-corrected chi connectivity index (χ4v) is 1.07. The Hall–Kier alpha value is -0.680. The van der Waals surface area contributed by atoms with Crippen LogP contribution in [0.4, 0.5) is 0 Å². The van der Waals surface area contributed by atoms with Crippen molar-refractivity contribution in [2.45, 2.75) is 66.0 Å². The quantitative estimate of drug-likeness (QED) is 0.460. The molecule has 0 heterocycles. The van der Waals surface area contributed by atoms with E-state index in [4.69, 9.17) is 20.4 Å². The summed E-state index contributed by atoms with van der Waals surface area (Å²) in [6.45, 7) is 19.3. The van der Waals surface area contributed by atoms with Gasteiger partial charge in [-0.3, -0.25) is 0 Å². The molecule has 0 amide bonds. The summed E-state index contributed by atoms with van der Waals surface area (Å²) in [5.74, 6) is 0. The summed E-state index contributed by atoms with van der Waals surface area (Å²) in [5, 5.41) is 33.3. The average molecular weight is 278 g/mol. The van der Waals surface area contributed by atoms with Crippen molar-refractivity contribution in [3.8, 4) is 0 Å². The number of rotatable bonds is 5. The monoisotopic (exact) mass is 278 g/mol. The van der Waals surface area contributed by atoms with E-state index in [0.29, 0.717) is 0 Å². The minimum Gasteiger partial charge on any atom is -0.368 e. The van der Waals surface area contributed by atoms with Crippen LogP contribution in [0.2, 0.25) is 0 Å². The van der Waals surface area contributed by atoms with Crippen LogP contribution >= 0.6 is 0 Å². The van der Waals surface area contributed by atoms with Crippen LogP contribution in [0.25, 0.3) is 0 Å². The Balaban J connectivity index is -0.000000118. The van der Waals surface area contributed by atoms with E-state index >= 15 is 0 Å².